The van der Waals surface area contributed by atoms with E-state index < -0.39 is 0 Å². The number of hydrogen-bond acceptors (Lipinski definition) is 3. The summed E-state index contributed by atoms with van der Waals surface area (Å²) in [6.45, 7) is 8.39. The van der Waals surface area contributed by atoms with Gasteiger partial charge in [0.25, 0.3) is 0 Å². The lowest BCUT2D eigenvalue weighted by atomic mass is 9.77. The maximum absolute atomic E-state index is 3.39. The van der Waals surface area contributed by atoms with Gasteiger partial charge in [0.05, 0.1) is 0 Å². The largest absolute Gasteiger partial charge is 0.319 e. The molecule has 1 aliphatic heterocycles. The van der Waals surface area contributed by atoms with Crippen molar-refractivity contribution in [1.82, 2.24) is 15.1 Å². The number of rotatable bonds is 6. The number of nitrogens with zero attached hydrogens (tertiary/aromatic N) is 2. The predicted molar refractivity (Wildman–Crippen MR) is 80.0 cm³/mol. The van der Waals surface area contributed by atoms with Gasteiger partial charge in [-0.25, -0.2) is 0 Å². The van der Waals surface area contributed by atoms with E-state index in [9.17, 15) is 0 Å². The van der Waals surface area contributed by atoms with E-state index in [1.165, 1.54) is 25.9 Å². The molecule has 0 aromatic rings. The first-order chi connectivity index (χ1) is 8.47. The molecular formula is C15H33N3. The Labute approximate surface area is 114 Å². The van der Waals surface area contributed by atoms with Gasteiger partial charge in [-0.1, -0.05) is 13.8 Å². The van der Waals surface area contributed by atoms with Crippen LogP contribution in [0.4, 0.5) is 0 Å². The van der Waals surface area contributed by atoms with Crippen LogP contribution >= 0.6 is 0 Å². The lowest BCUT2D eigenvalue weighted by molar-refractivity contribution is 0.0650. The van der Waals surface area contributed by atoms with Crippen LogP contribution in [0.25, 0.3) is 0 Å². The van der Waals surface area contributed by atoms with E-state index in [0.29, 0.717) is 6.04 Å². The molecule has 0 spiro atoms. The zero-order chi connectivity index (χ0) is 13.7. The highest BCUT2D eigenvalue weighted by atomic mass is 15.1. The first-order valence-corrected chi connectivity index (χ1v) is 7.47. The van der Waals surface area contributed by atoms with Crippen molar-refractivity contribution < 1.29 is 0 Å². The van der Waals surface area contributed by atoms with Crippen LogP contribution in [0.2, 0.25) is 0 Å². The number of hydrogen-bond donors (Lipinski definition) is 1. The van der Waals surface area contributed by atoms with Gasteiger partial charge in [0.15, 0.2) is 0 Å². The van der Waals surface area contributed by atoms with Crippen LogP contribution in [0.5, 0.6) is 0 Å². The van der Waals surface area contributed by atoms with Gasteiger partial charge in [-0.2, -0.15) is 0 Å². The van der Waals surface area contributed by atoms with E-state index in [1.54, 1.807) is 0 Å². The maximum Gasteiger partial charge on any atom is 0.0172 e. The van der Waals surface area contributed by atoms with Crippen molar-refractivity contribution in [2.45, 2.75) is 32.7 Å². The van der Waals surface area contributed by atoms with Crippen LogP contribution in [0, 0.1) is 17.8 Å². The van der Waals surface area contributed by atoms with E-state index >= 15 is 0 Å². The SMILES string of the molecule is CNCC(C(C)C)C(C1CCCN(C)C1)N(C)C. The first kappa shape index (κ1) is 15.9. The lowest BCUT2D eigenvalue weighted by Gasteiger charge is -2.43. The summed E-state index contributed by atoms with van der Waals surface area (Å²) in [5.74, 6) is 2.29. The van der Waals surface area contributed by atoms with Gasteiger partial charge < -0.3 is 15.1 Å². The van der Waals surface area contributed by atoms with Crippen LogP contribution in [-0.2, 0) is 0 Å². The molecule has 0 aromatic heterocycles. The molecule has 3 atom stereocenters. The molecule has 1 saturated heterocycles. The smallest absolute Gasteiger partial charge is 0.0172 e. The summed E-state index contributed by atoms with van der Waals surface area (Å²) in [6, 6.07) is 0.695. The summed E-state index contributed by atoms with van der Waals surface area (Å²) in [4.78, 5) is 4.97. The minimum Gasteiger partial charge on any atom is -0.319 e. The molecule has 1 heterocycles. The maximum atomic E-state index is 3.39. The van der Waals surface area contributed by atoms with E-state index in [0.717, 1.165) is 24.3 Å². The molecule has 1 N–H and O–H groups in total. The molecule has 3 unspecified atom stereocenters. The molecule has 0 amide bonds. The van der Waals surface area contributed by atoms with Crippen molar-refractivity contribution >= 4 is 0 Å². The topological polar surface area (TPSA) is 18.5 Å². The zero-order valence-corrected chi connectivity index (χ0v) is 13.2. The van der Waals surface area contributed by atoms with Gasteiger partial charge in [-0.15, -0.1) is 0 Å². The van der Waals surface area contributed by atoms with Crippen molar-refractivity contribution in [2.75, 3.05) is 47.8 Å². The molecule has 1 fully saturated rings. The van der Waals surface area contributed by atoms with Crippen LogP contribution < -0.4 is 5.32 Å². The van der Waals surface area contributed by atoms with Gasteiger partial charge in [0, 0.05) is 12.6 Å². The molecule has 3 nitrogen and oxygen atoms in total. The fourth-order valence-corrected chi connectivity index (χ4v) is 3.63. The number of piperidine rings is 1. The van der Waals surface area contributed by atoms with Crippen molar-refractivity contribution in [2.24, 2.45) is 17.8 Å². The van der Waals surface area contributed by atoms with Crippen molar-refractivity contribution in [3.63, 3.8) is 0 Å². The third-order valence-electron chi connectivity index (χ3n) is 4.48. The second-order valence-corrected chi connectivity index (χ2v) is 6.58. The Kier molecular flexibility index (Phi) is 6.61. The Morgan fingerprint density at radius 2 is 2.00 bits per heavy atom. The molecule has 0 aromatic carbocycles. The predicted octanol–water partition coefficient (Wildman–Crippen LogP) is 1.75. The van der Waals surface area contributed by atoms with Crippen LogP contribution in [0.3, 0.4) is 0 Å². The molecular weight excluding hydrogens is 222 g/mol. The molecule has 3 heteroatoms. The van der Waals surface area contributed by atoms with E-state index in [4.69, 9.17) is 0 Å². The number of nitrogens with one attached hydrogen (secondary N) is 1. The fourth-order valence-electron chi connectivity index (χ4n) is 3.63. The van der Waals surface area contributed by atoms with E-state index in [-0.39, 0.29) is 0 Å². The van der Waals surface area contributed by atoms with E-state index in [1.807, 2.05) is 0 Å². The zero-order valence-electron chi connectivity index (χ0n) is 13.2. The summed E-state index contributed by atoms with van der Waals surface area (Å²) in [5.41, 5.74) is 0. The average Bonchev–Trinajstić information content (AvgIpc) is 2.27. The minimum atomic E-state index is 0.695. The van der Waals surface area contributed by atoms with Crippen molar-refractivity contribution in [1.29, 1.82) is 0 Å². The summed E-state index contributed by atoms with van der Waals surface area (Å²) in [5, 5.41) is 3.39. The van der Waals surface area contributed by atoms with Gasteiger partial charge in [-0.05, 0) is 71.9 Å². The fraction of sp³-hybridized carbons (Fsp3) is 1.00. The summed E-state index contributed by atoms with van der Waals surface area (Å²) < 4.78 is 0. The Balaban J connectivity index is 2.78. The Morgan fingerprint density at radius 1 is 1.33 bits per heavy atom. The Morgan fingerprint density at radius 3 is 2.44 bits per heavy atom. The third-order valence-corrected chi connectivity index (χ3v) is 4.48. The van der Waals surface area contributed by atoms with Gasteiger partial charge in [0.1, 0.15) is 0 Å². The second kappa shape index (κ2) is 7.46. The standard InChI is InChI=1S/C15H33N3/c1-12(2)14(10-16-3)15(17(4)5)13-8-7-9-18(6)11-13/h12-16H,7-11H2,1-6H3. The van der Waals surface area contributed by atoms with Crippen LogP contribution in [0.15, 0.2) is 0 Å². The van der Waals surface area contributed by atoms with Crippen LogP contribution in [0.1, 0.15) is 26.7 Å². The second-order valence-electron chi connectivity index (χ2n) is 6.58. The third kappa shape index (κ3) is 4.22. The molecule has 1 aliphatic rings. The molecule has 0 radical (unpaired) electrons. The normalized spacial score (nSPS) is 25.7. The molecule has 0 saturated carbocycles. The summed E-state index contributed by atoms with van der Waals surface area (Å²) >= 11 is 0. The summed E-state index contributed by atoms with van der Waals surface area (Å²) in [6.07, 6.45) is 2.75. The van der Waals surface area contributed by atoms with Gasteiger partial charge >= 0.3 is 0 Å². The molecule has 18 heavy (non-hydrogen) atoms. The number of likely N-dealkylation sites (tertiary alicyclic amines) is 1. The quantitative estimate of drug-likeness (QED) is 0.780. The monoisotopic (exact) mass is 255 g/mol. The lowest BCUT2D eigenvalue weighted by Crippen LogP contribution is -2.51. The summed E-state index contributed by atoms with van der Waals surface area (Å²) in [7, 11) is 8.85. The van der Waals surface area contributed by atoms with Crippen molar-refractivity contribution in [3.05, 3.63) is 0 Å². The van der Waals surface area contributed by atoms with Gasteiger partial charge in [0.2, 0.25) is 0 Å². The first-order valence-electron chi connectivity index (χ1n) is 7.47. The molecule has 0 aliphatic carbocycles. The highest BCUT2D eigenvalue weighted by Gasteiger charge is 2.34. The van der Waals surface area contributed by atoms with Crippen molar-refractivity contribution in [3.8, 4) is 0 Å². The van der Waals surface area contributed by atoms with Crippen LogP contribution in [-0.4, -0.2) is 63.7 Å². The Hall–Kier alpha value is -0.120. The molecule has 1 rings (SSSR count). The Bertz CT molecular complexity index is 228. The van der Waals surface area contributed by atoms with E-state index in [2.05, 4.69) is 57.2 Å². The van der Waals surface area contributed by atoms with Gasteiger partial charge in [-0.3, -0.25) is 0 Å². The highest BCUT2D eigenvalue weighted by Crippen LogP contribution is 2.29. The average molecular weight is 255 g/mol. The molecule has 108 valence electrons. The minimum absolute atomic E-state index is 0.695. The molecule has 0 bridgehead atoms. The highest BCUT2D eigenvalue weighted by molar-refractivity contribution is 4.89.